The number of nitrogens with zero attached hydrogens (tertiary/aromatic N) is 1. The van der Waals surface area contributed by atoms with Gasteiger partial charge in [-0.05, 0) is 24.8 Å². The zero-order chi connectivity index (χ0) is 11.4. The van der Waals surface area contributed by atoms with Gasteiger partial charge in [0.15, 0.2) is 17.9 Å². The Morgan fingerprint density at radius 2 is 2.19 bits per heavy atom. The normalized spacial score (nSPS) is 17.3. The summed E-state index contributed by atoms with van der Waals surface area (Å²) in [4.78, 5) is 12.6. The summed E-state index contributed by atoms with van der Waals surface area (Å²) in [5.41, 5.74) is 0. The molecule has 0 bridgehead atoms. The standard InChI is InChI=1S/C12H17NO3/c1-13(8-10-4-6-15-7-5-10)12-3-2-11(9-14)16-12/h2-3,9-10H,4-8H2,1H3. The van der Waals surface area contributed by atoms with Crippen molar-refractivity contribution in [1.29, 1.82) is 0 Å². The minimum Gasteiger partial charge on any atom is -0.438 e. The molecule has 2 rings (SSSR count). The molecule has 0 radical (unpaired) electrons. The largest absolute Gasteiger partial charge is 0.438 e. The molecule has 0 aromatic carbocycles. The molecule has 16 heavy (non-hydrogen) atoms. The van der Waals surface area contributed by atoms with Gasteiger partial charge in [0.25, 0.3) is 0 Å². The van der Waals surface area contributed by atoms with Crippen LogP contribution in [-0.2, 0) is 4.74 Å². The number of anilines is 1. The number of hydrogen-bond donors (Lipinski definition) is 0. The summed E-state index contributed by atoms with van der Waals surface area (Å²) < 4.78 is 10.7. The lowest BCUT2D eigenvalue weighted by Crippen LogP contribution is -2.29. The van der Waals surface area contributed by atoms with Crippen LogP contribution in [0.25, 0.3) is 0 Å². The topological polar surface area (TPSA) is 42.7 Å². The van der Waals surface area contributed by atoms with E-state index in [4.69, 9.17) is 9.15 Å². The highest BCUT2D eigenvalue weighted by Gasteiger charge is 2.17. The Bertz CT molecular complexity index is 342. The van der Waals surface area contributed by atoms with Gasteiger partial charge < -0.3 is 14.1 Å². The zero-order valence-electron chi connectivity index (χ0n) is 9.52. The van der Waals surface area contributed by atoms with E-state index < -0.39 is 0 Å². The summed E-state index contributed by atoms with van der Waals surface area (Å²) in [5.74, 6) is 1.80. The molecule has 0 aliphatic carbocycles. The summed E-state index contributed by atoms with van der Waals surface area (Å²) >= 11 is 0. The van der Waals surface area contributed by atoms with Crippen molar-refractivity contribution in [2.75, 3.05) is 31.7 Å². The molecule has 0 amide bonds. The lowest BCUT2D eigenvalue weighted by molar-refractivity contribution is 0.0683. The van der Waals surface area contributed by atoms with Crippen LogP contribution in [0.2, 0.25) is 0 Å². The van der Waals surface area contributed by atoms with Crippen LogP contribution < -0.4 is 4.90 Å². The van der Waals surface area contributed by atoms with Crippen LogP contribution in [0.3, 0.4) is 0 Å². The van der Waals surface area contributed by atoms with Crippen molar-refractivity contribution >= 4 is 12.2 Å². The van der Waals surface area contributed by atoms with E-state index in [0.29, 0.717) is 11.7 Å². The molecule has 1 aliphatic rings. The maximum atomic E-state index is 10.5. The Morgan fingerprint density at radius 1 is 1.44 bits per heavy atom. The Labute approximate surface area is 95.2 Å². The van der Waals surface area contributed by atoms with Crippen molar-refractivity contribution < 1.29 is 13.9 Å². The van der Waals surface area contributed by atoms with Gasteiger partial charge in [0.05, 0.1) is 0 Å². The maximum absolute atomic E-state index is 10.5. The van der Waals surface area contributed by atoms with Gasteiger partial charge in [0, 0.05) is 32.9 Å². The van der Waals surface area contributed by atoms with Crippen LogP contribution in [-0.4, -0.2) is 33.1 Å². The third-order valence-corrected chi connectivity index (χ3v) is 2.98. The smallest absolute Gasteiger partial charge is 0.196 e. The number of hydrogen-bond acceptors (Lipinski definition) is 4. The minimum absolute atomic E-state index is 0.383. The molecular weight excluding hydrogens is 206 g/mol. The van der Waals surface area contributed by atoms with E-state index in [2.05, 4.69) is 4.90 Å². The molecule has 2 heterocycles. The molecule has 1 fully saturated rings. The molecule has 88 valence electrons. The average molecular weight is 223 g/mol. The van der Waals surface area contributed by atoms with Crippen LogP contribution in [0.4, 0.5) is 5.88 Å². The van der Waals surface area contributed by atoms with Crippen LogP contribution in [0.15, 0.2) is 16.5 Å². The SMILES string of the molecule is CN(CC1CCOCC1)c1ccc(C=O)o1. The summed E-state index contributed by atoms with van der Waals surface area (Å²) in [6.07, 6.45) is 2.93. The fraction of sp³-hybridized carbons (Fsp3) is 0.583. The quantitative estimate of drug-likeness (QED) is 0.732. The van der Waals surface area contributed by atoms with Crippen molar-refractivity contribution in [2.24, 2.45) is 5.92 Å². The van der Waals surface area contributed by atoms with E-state index in [1.807, 2.05) is 13.1 Å². The third kappa shape index (κ3) is 2.64. The summed E-state index contributed by atoms with van der Waals surface area (Å²) in [6.45, 7) is 2.67. The van der Waals surface area contributed by atoms with E-state index >= 15 is 0 Å². The van der Waals surface area contributed by atoms with Crippen LogP contribution in [0, 0.1) is 5.92 Å². The maximum Gasteiger partial charge on any atom is 0.196 e. The highest BCUT2D eigenvalue weighted by molar-refractivity contribution is 5.71. The van der Waals surface area contributed by atoms with Crippen molar-refractivity contribution in [3.63, 3.8) is 0 Å². The van der Waals surface area contributed by atoms with Crippen molar-refractivity contribution in [3.8, 4) is 0 Å². The number of furan rings is 1. The highest BCUT2D eigenvalue weighted by atomic mass is 16.5. The fourth-order valence-electron chi connectivity index (χ4n) is 2.02. The minimum atomic E-state index is 0.383. The summed E-state index contributed by atoms with van der Waals surface area (Å²) in [6, 6.07) is 3.53. The van der Waals surface area contributed by atoms with Crippen LogP contribution in [0.5, 0.6) is 0 Å². The van der Waals surface area contributed by atoms with Gasteiger partial charge in [-0.1, -0.05) is 0 Å². The highest BCUT2D eigenvalue weighted by Crippen LogP contribution is 2.21. The predicted molar refractivity (Wildman–Crippen MR) is 60.9 cm³/mol. The predicted octanol–water partition coefficient (Wildman–Crippen LogP) is 1.95. The van der Waals surface area contributed by atoms with Gasteiger partial charge in [-0.15, -0.1) is 0 Å². The van der Waals surface area contributed by atoms with Crippen LogP contribution in [0.1, 0.15) is 23.4 Å². The second-order valence-electron chi connectivity index (χ2n) is 4.23. The average Bonchev–Trinajstić information content (AvgIpc) is 2.79. The third-order valence-electron chi connectivity index (χ3n) is 2.98. The lowest BCUT2D eigenvalue weighted by atomic mass is 10.00. The molecule has 1 aromatic rings. The molecule has 4 nitrogen and oxygen atoms in total. The van der Waals surface area contributed by atoms with E-state index in [9.17, 15) is 4.79 Å². The molecule has 0 saturated carbocycles. The monoisotopic (exact) mass is 223 g/mol. The van der Waals surface area contributed by atoms with E-state index in [-0.39, 0.29) is 0 Å². The van der Waals surface area contributed by atoms with Gasteiger partial charge >= 0.3 is 0 Å². The molecule has 1 aliphatic heterocycles. The number of rotatable bonds is 4. The number of aldehydes is 1. The summed E-state index contributed by atoms with van der Waals surface area (Å²) in [5, 5.41) is 0. The molecule has 1 saturated heterocycles. The van der Waals surface area contributed by atoms with Gasteiger partial charge in [0.2, 0.25) is 0 Å². The fourth-order valence-corrected chi connectivity index (χ4v) is 2.02. The van der Waals surface area contributed by atoms with E-state index in [0.717, 1.165) is 44.8 Å². The van der Waals surface area contributed by atoms with E-state index in [1.54, 1.807) is 6.07 Å². The zero-order valence-corrected chi connectivity index (χ0v) is 9.52. The second-order valence-corrected chi connectivity index (χ2v) is 4.23. The first-order valence-electron chi connectivity index (χ1n) is 5.63. The van der Waals surface area contributed by atoms with Crippen molar-refractivity contribution in [1.82, 2.24) is 0 Å². The van der Waals surface area contributed by atoms with Gasteiger partial charge in [0.1, 0.15) is 0 Å². The lowest BCUT2D eigenvalue weighted by Gasteiger charge is -2.26. The van der Waals surface area contributed by atoms with Gasteiger partial charge in [-0.3, -0.25) is 4.79 Å². The Hall–Kier alpha value is -1.29. The first-order valence-corrected chi connectivity index (χ1v) is 5.63. The van der Waals surface area contributed by atoms with Crippen molar-refractivity contribution in [3.05, 3.63) is 17.9 Å². The molecule has 4 heteroatoms. The van der Waals surface area contributed by atoms with E-state index in [1.165, 1.54) is 0 Å². The Balaban J connectivity index is 1.90. The van der Waals surface area contributed by atoms with Gasteiger partial charge in [-0.25, -0.2) is 0 Å². The number of ether oxygens (including phenoxy) is 1. The number of carbonyl (C=O) groups is 1. The Kier molecular flexibility index (Phi) is 3.62. The molecule has 0 spiro atoms. The molecule has 0 N–H and O–H groups in total. The first-order chi connectivity index (χ1) is 7.79. The van der Waals surface area contributed by atoms with Gasteiger partial charge in [-0.2, -0.15) is 0 Å². The molecule has 0 atom stereocenters. The molecule has 0 unspecified atom stereocenters. The van der Waals surface area contributed by atoms with Crippen molar-refractivity contribution in [2.45, 2.75) is 12.8 Å². The molecule has 1 aromatic heterocycles. The molecular formula is C12H17NO3. The van der Waals surface area contributed by atoms with Crippen LogP contribution >= 0.6 is 0 Å². The second kappa shape index (κ2) is 5.16. The Morgan fingerprint density at radius 3 is 2.81 bits per heavy atom. The summed E-state index contributed by atoms with van der Waals surface area (Å²) in [7, 11) is 1.99. The first kappa shape index (κ1) is 11.2. The number of carbonyl (C=O) groups excluding carboxylic acids is 1.